The van der Waals surface area contributed by atoms with E-state index in [0.29, 0.717) is 13.0 Å². The molecule has 0 aromatic carbocycles. The fourth-order valence-electron chi connectivity index (χ4n) is 2.18. The molecule has 0 aromatic rings. The molecule has 1 saturated heterocycles. The first-order valence-corrected chi connectivity index (χ1v) is 8.32. The maximum absolute atomic E-state index is 11.6. The molecule has 2 unspecified atom stereocenters. The van der Waals surface area contributed by atoms with E-state index >= 15 is 0 Å². The van der Waals surface area contributed by atoms with E-state index in [-0.39, 0.29) is 29.9 Å². The van der Waals surface area contributed by atoms with Crippen LogP contribution in [0.2, 0.25) is 0 Å². The van der Waals surface area contributed by atoms with Crippen molar-refractivity contribution in [3.8, 4) is 0 Å². The normalized spacial score (nSPS) is 26.7. The van der Waals surface area contributed by atoms with Gasteiger partial charge in [-0.2, -0.15) is 0 Å². The van der Waals surface area contributed by atoms with Gasteiger partial charge < -0.3 is 15.8 Å². The zero-order valence-electron chi connectivity index (χ0n) is 11.8. The van der Waals surface area contributed by atoms with Gasteiger partial charge in [0, 0.05) is 6.54 Å². The number of sulfone groups is 1. The zero-order valence-corrected chi connectivity index (χ0v) is 12.6. The fraction of sp³-hybridized carbons (Fsp3) is 0.917. The average molecular weight is 292 g/mol. The second kappa shape index (κ2) is 6.09. The predicted molar refractivity (Wildman–Crippen MR) is 73.5 cm³/mol. The van der Waals surface area contributed by atoms with Gasteiger partial charge in [-0.1, -0.05) is 0 Å². The molecule has 1 heterocycles. The van der Waals surface area contributed by atoms with E-state index in [2.05, 4.69) is 5.32 Å². The van der Waals surface area contributed by atoms with Crippen LogP contribution in [0.4, 0.5) is 4.79 Å². The van der Waals surface area contributed by atoms with Gasteiger partial charge in [0.05, 0.1) is 11.5 Å². The molecule has 112 valence electrons. The molecule has 0 aromatic heterocycles. The van der Waals surface area contributed by atoms with Crippen LogP contribution < -0.4 is 11.1 Å². The number of carbonyl (C=O) groups is 1. The predicted octanol–water partition coefficient (Wildman–Crippen LogP) is 0.521. The Kier molecular flexibility index (Phi) is 5.20. The second-order valence-corrected chi connectivity index (χ2v) is 8.27. The molecule has 6 nitrogen and oxygen atoms in total. The molecule has 19 heavy (non-hydrogen) atoms. The van der Waals surface area contributed by atoms with E-state index < -0.39 is 21.5 Å². The molecular weight excluding hydrogens is 268 g/mol. The van der Waals surface area contributed by atoms with Gasteiger partial charge in [0.2, 0.25) is 0 Å². The maximum atomic E-state index is 11.6. The molecule has 1 aliphatic rings. The largest absolute Gasteiger partial charge is 0.444 e. The highest BCUT2D eigenvalue weighted by Gasteiger charge is 2.32. The Balaban J connectivity index is 2.51. The molecule has 0 spiro atoms. The summed E-state index contributed by atoms with van der Waals surface area (Å²) in [7, 11) is -3.01. The Morgan fingerprint density at radius 3 is 2.53 bits per heavy atom. The van der Waals surface area contributed by atoms with Crippen molar-refractivity contribution < 1.29 is 17.9 Å². The van der Waals surface area contributed by atoms with Gasteiger partial charge in [-0.15, -0.1) is 0 Å². The molecule has 1 amide bonds. The number of hydrogen-bond acceptors (Lipinski definition) is 5. The van der Waals surface area contributed by atoms with Crippen LogP contribution in [0.1, 0.15) is 27.2 Å². The summed E-state index contributed by atoms with van der Waals surface area (Å²) in [5.41, 5.74) is 5.09. The molecule has 2 atom stereocenters. The third kappa shape index (κ3) is 5.78. The van der Waals surface area contributed by atoms with E-state index in [1.807, 2.05) is 0 Å². The molecular formula is C12H24N2O4S. The van der Waals surface area contributed by atoms with Gasteiger partial charge >= 0.3 is 6.09 Å². The Hall–Kier alpha value is -0.820. The van der Waals surface area contributed by atoms with Crippen LogP contribution >= 0.6 is 0 Å². The number of nitrogens with two attached hydrogens (primary N) is 1. The van der Waals surface area contributed by atoms with Crippen molar-refractivity contribution >= 4 is 15.9 Å². The number of alkyl carbamates (subject to hydrolysis) is 1. The summed E-state index contributed by atoms with van der Waals surface area (Å²) < 4.78 is 28.3. The number of rotatable bonds is 3. The van der Waals surface area contributed by atoms with Crippen LogP contribution in [0.3, 0.4) is 0 Å². The van der Waals surface area contributed by atoms with Crippen LogP contribution in [-0.4, -0.2) is 44.7 Å². The van der Waals surface area contributed by atoms with E-state index in [9.17, 15) is 13.2 Å². The van der Waals surface area contributed by atoms with Gasteiger partial charge in [-0.25, -0.2) is 13.2 Å². The third-order valence-electron chi connectivity index (χ3n) is 3.14. The lowest BCUT2D eigenvalue weighted by molar-refractivity contribution is 0.0514. The van der Waals surface area contributed by atoms with Gasteiger partial charge in [-0.05, 0) is 45.6 Å². The van der Waals surface area contributed by atoms with Crippen molar-refractivity contribution in [3.05, 3.63) is 0 Å². The first kappa shape index (κ1) is 16.2. The van der Waals surface area contributed by atoms with Gasteiger partial charge in [0.1, 0.15) is 5.60 Å². The quantitative estimate of drug-likeness (QED) is 0.790. The summed E-state index contributed by atoms with van der Waals surface area (Å²) in [6, 6.07) is 0. The van der Waals surface area contributed by atoms with Crippen LogP contribution in [0, 0.1) is 11.8 Å². The minimum absolute atomic E-state index is 0.0880. The lowest BCUT2D eigenvalue weighted by Gasteiger charge is -2.30. The highest BCUT2D eigenvalue weighted by molar-refractivity contribution is 7.91. The monoisotopic (exact) mass is 292 g/mol. The van der Waals surface area contributed by atoms with Gasteiger partial charge in [0.25, 0.3) is 0 Å². The van der Waals surface area contributed by atoms with Crippen molar-refractivity contribution in [2.75, 3.05) is 24.6 Å². The third-order valence-corrected chi connectivity index (χ3v) is 4.94. The second-order valence-electron chi connectivity index (χ2n) is 6.04. The standard InChI is InChI=1S/C12H24N2O4S/c1-12(2,3)18-11(15)14-7-10-8-19(16,17)5-4-9(10)6-13/h9-10H,4-8,13H2,1-3H3,(H,14,15). The molecule has 0 saturated carbocycles. The van der Waals surface area contributed by atoms with Crippen molar-refractivity contribution in [2.24, 2.45) is 17.6 Å². The Morgan fingerprint density at radius 1 is 1.37 bits per heavy atom. The van der Waals surface area contributed by atoms with Crippen LogP contribution in [0.5, 0.6) is 0 Å². The first-order valence-electron chi connectivity index (χ1n) is 6.50. The molecule has 0 aliphatic carbocycles. The smallest absolute Gasteiger partial charge is 0.407 e. The number of ether oxygens (including phenoxy) is 1. The number of carbonyl (C=O) groups excluding carboxylic acids is 1. The van der Waals surface area contributed by atoms with E-state index in [1.54, 1.807) is 20.8 Å². The van der Waals surface area contributed by atoms with E-state index in [0.717, 1.165) is 0 Å². The summed E-state index contributed by atoms with van der Waals surface area (Å²) in [6.07, 6.45) is 0.0469. The highest BCUT2D eigenvalue weighted by atomic mass is 32.2. The molecule has 7 heteroatoms. The van der Waals surface area contributed by atoms with Crippen LogP contribution in [0.25, 0.3) is 0 Å². The molecule has 1 aliphatic heterocycles. The van der Waals surface area contributed by atoms with Crippen molar-refractivity contribution in [1.29, 1.82) is 0 Å². The minimum Gasteiger partial charge on any atom is -0.444 e. The Bertz CT molecular complexity index is 414. The Morgan fingerprint density at radius 2 is 2.00 bits per heavy atom. The van der Waals surface area contributed by atoms with Crippen LogP contribution in [0.15, 0.2) is 0 Å². The van der Waals surface area contributed by atoms with E-state index in [1.165, 1.54) is 0 Å². The van der Waals surface area contributed by atoms with E-state index in [4.69, 9.17) is 10.5 Å². The summed E-state index contributed by atoms with van der Waals surface area (Å²) in [4.78, 5) is 11.5. The molecule has 1 rings (SSSR count). The van der Waals surface area contributed by atoms with Crippen molar-refractivity contribution in [1.82, 2.24) is 5.32 Å². The first-order chi connectivity index (χ1) is 8.63. The molecule has 3 N–H and O–H groups in total. The van der Waals surface area contributed by atoms with Crippen molar-refractivity contribution in [2.45, 2.75) is 32.8 Å². The highest BCUT2D eigenvalue weighted by Crippen LogP contribution is 2.24. The SMILES string of the molecule is CC(C)(C)OC(=O)NCC1CS(=O)(=O)CCC1CN. The Labute approximate surface area is 115 Å². The van der Waals surface area contributed by atoms with Gasteiger partial charge in [-0.3, -0.25) is 0 Å². The molecule has 0 radical (unpaired) electrons. The van der Waals surface area contributed by atoms with Crippen molar-refractivity contribution in [3.63, 3.8) is 0 Å². The lowest BCUT2D eigenvalue weighted by atomic mass is 9.91. The maximum Gasteiger partial charge on any atom is 0.407 e. The number of hydrogen-bond donors (Lipinski definition) is 2. The number of amides is 1. The average Bonchev–Trinajstić information content (AvgIpc) is 2.23. The molecule has 0 bridgehead atoms. The lowest BCUT2D eigenvalue weighted by Crippen LogP contribution is -2.44. The summed E-state index contributed by atoms with van der Waals surface area (Å²) in [5, 5.41) is 2.63. The van der Waals surface area contributed by atoms with Crippen LogP contribution in [-0.2, 0) is 14.6 Å². The summed E-state index contributed by atoms with van der Waals surface area (Å²) >= 11 is 0. The number of nitrogens with one attached hydrogen (secondary N) is 1. The zero-order chi connectivity index (χ0) is 14.7. The fourth-order valence-corrected chi connectivity index (χ4v) is 4.05. The molecule has 1 fully saturated rings. The summed E-state index contributed by atoms with van der Waals surface area (Å²) in [5.74, 6) is 0.289. The minimum atomic E-state index is -3.01. The van der Waals surface area contributed by atoms with Gasteiger partial charge in [0.15, 0.2) is 9.84 Å². The topological polar surface area (TPSA) is 98.5 Å². The summed E-state index contributed by atoms with van der Waals surface area (Å²) in [6.45, 7) is 6.06.